The Balaban J connectivity index is -0.0000000150. The third-order valence-corrected chi connectivity index (χ3v) is 0. The summed E-state index contributed by atoms with van der Waals surface area (Å²) in [6.07, 6.45) is 0. The van der Waals surface area contributed by atoms with E-state index < -0.39 is 0 Å². The summed E-state index contributed by atoms with van der Waals surface area (Å²) in [4.78, 5) is 0. The molecule has 0 aliphatic carbocycles. The molecule has 0 saturated carbocycles. The summed E-state index contributed by atoms with van der Waals surface area (Å²) >= 11 is 0. The van der Waals surface area contributed by atoms with Crippen molar-refractivity contribution in [2.45, 2.75) is 20.8 Å². The van der Waals surface area contributed by atoms with E-state index in [2.05, 4.69) is 20.8 Å². The molecule has 0 unspecified atom stereocenters. The van der Waals surface area contributed by atoms with Crippen molar-refractivity contribution >= 4 is 0 Å². The molecule has 0 fully saturated rings. The molecule has 7 heavy (non-hydrogen) atoms. The van der Waals surface area contributed by atoms with Crippen LogP contribution in [0.4, 0.5) is 0 Å². The molecular weight excluding hydrogens is 333 g/mol. The van der Waals surface area contributed by atoms with E-state index in [1.807, 2.05) is 0 Å². The Morgan fingerprint density at radius 1 is 1.00 bits per heavy atom. The number of hydrogen-bond donors (Lipinski definition) is 0. The van der Waals surface area contributed by atoms with Crippen LogP contribution in [-0.4, -0.2) is 0 Å². The molecule has 0 spiro atoms. The van der Waals surface area contributed by atoms with Crippen molar-refractivity contribution in [2.75, 3.05) is 0 Å². The maximum Gasteiger partial charge on any atom is 2.00 e. The van der Waals surface area contributed by atoms with Gasteiger partial charge in [0, 0.05) is 32.7 Å². The minimum Gasteiger partial charge on any atom is -0.358 e. The predicted molar refractivity (Wildman–Crippen MR) is 26.7 cm³/mol. The van der Waals surface area contributed by atoms with Gasteiger partial charge in [-0.2, -0.15) is 20.8 Å². The topological polar surface area (TPSA) is 0 Å². The van der Waals surface area contributed by atoms with Crippen molar-refractivity contribution in [3.8, 4) is 0 Å². The summed E-state index contributed by atoms with van der Waals surface area (Å²) in [5.74, 6) is 1.42. The first-order chi connectivity index (χ1) is 1.73. The van der Waals surface area contributed by atoms with Gasteiger partial charge in [0.1, 0.15) is 0 Å². The van der Waals surface area contributed by atoms with E-state index in [1.165, 1.54) is 5.92 Å². The zero-order valence-electron chi connectivity index (χ0n) is 5.49. The first kappa shape index (κ1) is 23.2. The Labute approximate surface area is 87.0 Å². The smallest absolute Gasteiger partial charge is 0.358 e. The zero-order chi connectivity index (χ0) is 3.58. The Bertz CT molecular complexity index is 12.8. The molecule has 0 aliphatic rings. The van der Waals surface area contributed by atoms with Crippen LogP contribution >= 0.6 is 0 Å². The van der Waals surface area contributed by atoms with E-state index in [4.69, 9.17) is 0 Å². The van der Waals surface area contributed by atoms with Crippen molar-refractivity contribution in [1.82, 2.24) is 0 Å². The van der Waals surface area contributed by atoms with Gasteiger partial charge in [-0.15, -0.1) is 0 Å². The Hall–Kier alpha value is 1.79. The van der Waals surface area contributed by atoms with Gasteiger partial charge in [-0.3, -0.25) is 0 Å². The minimum atomic E-state index is 0. The summed E-state index contributed by atoms with van der Waals surface area (Å²) in [7, 11) is 0. The zero-order valence-corrected chi connectivity index (χ0v) is 11.3. The second-order valence-electron chi connectivity index (χ2n) is 1.50. The molecule has 0 bridgehead atoms. The fourth-order valence-electron chi connectivity index (χ4n) is 0. The van der Waals surface area contributed by atoms with Gasteiger partial charge in [0.15, 0.2) is 0 Å². The van der Waals surface area contributed by atoms with Crippen LogP contribution in [0, 0.1) is 13.3 Å². The molecule has 1 radical (unpaired) electrons. The minimum absolute atomic E-state index is 0. The molecule has 0 atom stereocenters. The normalized spacial score (nSPS) is 5.14. The molecular formula is C5H12WY. The fraction of sp³-hybridized carbons (Fsp3) is 0.600. The Kier molecular flexibility index (Phi) is 52.0. The maximum absolute atomic E-state index is 2.08. The Morgan fingerprint density at radius 2 is 1.00 bits per heavy atom. The van der Waals surface area contributed by atoms with Gasteiger partial charge >= 0.3 is 21.1 Å². The molecule has 0 N–H and O–H groups in total. The van der Waals surface area contributed by atoms with Crippen LogP contribution in [0.15, 0.2) is 0 Å². The maximum atomic E-state index is 2.08. The van der Waals surface area contributed by atoms with Crippen LogP contribution in [0.3, 0.4) is 0 Å². The summed E-state index contributed by atoms with van der Waals surface area (Å²) in [6.45, 7) is 6.25. The standard InChI is InChI=1S/C4H9.CH3.W.Y/c1-4(2)3;;;/h1-3H3;1H3;;/q2*-1;+2;. The van der Waals surface area contributed by atoms with Gasteiger partial charge < -0.3 is 13.3 Å². The van der Waals surface area contributed by atoms with Crippen molar-refractivity contribution in [2.24, 2.45) is 0 Å². The molecule has 0 rings (SSSR count). The van der Waals surface area contributed by atoms with Crippen LogP contribution in [0.25, 0.3) is 0 Å². The fourth-order valence-corrected chi connectivity index (χ4v) is 0. The largest absolute Gasteiger partial charge is 2.00 e. The van der Waals surface area contributed by atoms with E-state index >= 15 is 0 Å². The van der Waals surface area contributed by atoms with Gasteiger partial charge in [-0.05, 0) is 0 Å². The second kappa shape index (κ2) is 15.7. The van der Waals surface area contributed by atoms with E-state index in [0.717, 1.165) is 0 Å². The summed E-state index contributed by atoms with van der Waals surface area (Å²) < 4.78 is 0. The summed E-state index contributed by atoms with van der Waals surface area (Å²) in [5.41, 5.74) is 0. The summed E-state index contributed by atoms with van der Waals surface area (Å²) in [6, 6.07) is 0. The van der Waals surface area contributed by atoms with Gasteiger partial charge in [-0.1, -0.05) is 0 Å². The average molecular weight is 345 g/mol. The molecule has 0 heterocycles. The quantitative estimate of drug-likeness (QED) is 0.590. The van der Waals surface area contributed by atoms with Crippen molar-refractivity contribution in [1.29, 1.82) is 0 Å². The monoisotopic (exact) mass is 345 g/mol. The van der Waals surface area contributed by atoms with Gasteiger partial charge in [0.2, 0.25) is 0 Å². The van der Waals surface area contributed by atoms with E-state index in [9.17, 15) is 0 Å². The van der Waals surface area contributed by atoms with Crippen molar-refractivity contribution in [3.05, 3.63) is 13.3 Å². The average Bonchev–Trinajstić information content (AvgIpc) is 0.811. The van der Waals surface area contributed by atoms with Crippen LogP contribution in [0.2, 0.25) is 0 Å². The van der Waals surface area contributed by atoms with Crippen LogP contribution in [0.1, 0.15) is 20.8 Å². The van der Waals surface area contributed by atoms with Gasteiger partial charge in [-0.25, -0.2) is 0 Å². The molecule has 0 amide bonds. The third-order valence-electron chi connectivity index (χ3n) is 0. The van der Waals surface area contributed by atoms with E-state index in [1.54, 1.807) is 0 Å². The second-order valence-corrected chi connectivity index (χ2v) is 1.50. The van der Waals surface area contributed by atoms with Crippen LogP contribution in [0.5, 0.6) is 0 Å². The van der Waals surface area contributed by atoms with Crippen LogP contribution in [-0.2, 0) is 53.8 Å². The Morgan fingerprint density at radius 3 is 1.00 bits per heavy atom. The van der Waals surface area contributed by atoms with Gasteiger partial charge in [0.25, 0.3) is 0 Å². The molecule has 0 aromatic carbocycles. The SMILES string of the molecule is C[C-](C)C.[CH3-].[W+2].[Y]. The van der Waals surface area contributed by atoms with Crippen molar-refractivity contribution < 1.29 is 53.8 Å². The van der Waals surface area contributed by atoms with Crippen molar-refractivity contribution in [3.63, 3.8) is 0 Å². The molecule has 0 aliphatic heterocycles. The molecule has 0 aromatic rings. The third kappa shape index (κ3) is 81.4. The number of hydrogen-bond acceptors (Lipinski definition) is 0. The molecule has 0 saturated heterocycles. The predicted octanol–water partition coefficient (Wildman–Crippen LogP) is 2.07. The summed E-state index contributed by atoms with van der Waals surface area (Å²) in [5, 5.41) is 0. The first-order valence-electron chi connectivity index (χ1n) is 1.50. The molecule has 0 nitrogen and oxygen atoms in total. The van der Waals surface area contributed by atoms with Gasteiger partial charge in [0.05, 0.1) is 0 Å². The molecule has 41 valence electrons. The van der Waals surface area contributed by atoms with E-state index in [0.29, 0.717) is 0 Å². The first-order valence-corrected chi connectivity index (χ1v) is 1.50. The molecule has 0 aromatic heterocycles. The van der Waals surface area contributed by atoms with Crippen LogP contribution < -0.4 is 0 Å². The molecule has 2 heteroatoms. The number of rotatable bonds is 0. The van der Waals surface area contributed by atoms with E-state index in [-0.39, 0.29) is 61.2 Å².